The first-order valence-electron chi connectivity index (χ1n) is 24.6. The quantitative estimate of drug-likeness (QED) is 0.148. The summed E-state index contributed by atoms with van der Waals surface area (Å²) in [6, 6.07) is 85.1. The van der Waals surface area contributed by atoms with Crippen LogP contribution >= 0.6 is 0 Å². The Morgan fingerprint density at radius 2 is 1.01 bits per heavy atom. The molecule has 1 aromatic heterocycles. The van der Waals surface area contributed by atoms with Gasteiger partial charge in [0, 0.05) is 44.4 Å². The Balaban J connectivity index is 0.852. The number of benzene rings is 10. The van der Waals surface area contributed by atoms with E-state index in [4.69, 9.17) is 0 Å². The Bertz CT molecular complexity index is 3880. The van der Waals surface area contributed by atoms with Crippen LogP contribution in [0, 0.1) is 0 Å². The van der Waals surface area contributed by atoms with Crippen molar-refractivity contribution in [2.24, 2.45) is 0 Å². The maximum Gasteiger partial charge on any atom is 0.0541 e. The van der Waals surface area contributed by atoms with Crippen LogP contribution in [0.15, 0.2) is 254 Å². The number of hydrogen-bond acceptors (Lipinski definition) is 1. The van der Waals surface area contributed by atoms with Gasteiger partial charge in [-0.05, 0) is 151 Å². The molecule has 0 saturated carbocycles. The van der Waals surface area contributed by atoms with E-state index < -0.39 is 0 Å². The smallest absolute Gasteiger partial charge is 0.0541 e. The molecule has 2 nitrogen and oxygen atoms in total. The average molecular weight is 897 g/mol. The first kappa shape index (κ1) is 41.7. The van der Waals surface area contributed by atoms with Gasteiger partial charge in [0.05, 0.1) is 11.0 Å². The van der Waals surface area contributed by atoms with Crippen molar-refractivity contribution >= 4 is 44.0 Å². The molecule has 0 bridgehead atoms. The van der Waals surface area contributed by atoms with Crippen LogP contribution in [0.5, 0.6) is 0 Å². The summed E-state index contributed by atoms with van der Waals surface area (Å²) in [4.78, 5) is 2.42. The lowest BCUT2D eigenvalue weighted by atomic mass is 9.76. The molecule has 13 rings (SSSR count). The van der Waals surface area contributed by atoms with E-state index in [1.165, 1.54) is 99.5 Å². The van der Waals surface area contributed by atoms with Crippen LogP contribution in [0.3, 0.4) is 0 Å². The third kappa shape index (κ3) is 6.93. The van der Waals surface area contributed by atoms with Crippen LogP contribution in [0.25, 0.3) is 82.8 Å². The molecule has 1 atom stereocenters. The summed E-state index contributed by atoms with van der Waals surface area (Å²) in [5.41, 5.74) is 20.9. The van der Waals surface area contributed by atoms with E-state index in [0.29, 0.717) is 0 Å². The lowest BCUT2D eigenvalue weighted by Crippen LogP contribution is -2.24. The van der Waals surface area contributed by atoms with Gasteiger partial charge in [-0.25, -0.2) is 0 Å². The molecule has 334 valence electrons. The Kier molecular flexibility index (Phi) is 9.75. The summed E-state index contributed by atoms with van der Waals surface area (Å²) in [6.07, 6.45) is 8.06. The fourth-order valence-corrected chi connectivity index (χ4v) is 11.5. The normalized spacial score (nSPS) is 15.8. The second-order valence-corrected chi connectivity index (χ2v) is 20.0. The highest BCUT2D eigenvalue weighted by molar-refractivity contribution is 6.10. The minimum Gasteiger partial charge on any atom is -0.311 e. The number of nitrogens with zero attached hydrogens (tertiary/aromatic N) is 2. The molecule has 11 aromatic rings. The van der Waals surface area contributed by atoms with Crippen LogP contribution in [-0.4, -0.2) is 4.57 Å². The molecule has 0 radical (unpaired) electrons. The molecular weight excluding hydrogens is 845 g/mol. The Labute approximate surface area is 410 Å². The lowest BCUT2D eigenvalue weighted by molar-refractivity contribution is 0.595. The van der Waals surface area contributed by atoms with E-state index in [2.05, 4.69) is 279 Å². The molecule has 1 heterocycles. The molecule has 2 heteroatoms. The fraction of sp³-hybridized carbons (Fsp3) is 0.0882. The van der Waals surface area contributed by atoms with Crippen molar-refractivity contribution < 1.29 is 0 Å². The summed E-state index contributed by atoms with van der Waals surface area (Å²) in [5, 5.41) is 5.03. The highest BCUT2D eigenvalue weighted by Gasteiger charge is 2.35. The number of fused-ring (bicyclic) bond motifs is 7. The van der Waals surface area contributed by atoms with E-state index in [9.17, 15) is 0 Å². The largest absolute Gasteiger partial charge is 0.311 e. The van der Waals surface area contributed by atoms with Crippen LogP contribution in [0.1, 0.15) is 43.9 Å². The van der Waals surface area contributed by atoms with Gasteiger partial charge in [-0.2, -0.15) is 0 Å². The standard InChI is InChI=1S/C68H52N2/c1-67(2)63-22-11-9-20-59(63)60-36-30-53(45-64(60)67)48-28-34-57(35-29-48)69(58-38-40-68(3,41-39-58)54-17-13-16-50(43-54)51-25-24-46-14-7-8-15-49(46)42-51)56-32-26-47(27-33-56)52-31-37-66-62(44-52)61-21-10-12-23-65(61)70(66)55-18-5-4-6-19-55/h4-40,42-45H,41H2,1-3H3. The van der Waals surface area contributed by atoms with Gasteiger partial charge in [0.1, 0.15) is 0 Å². The van der Waals surface area contributed by atoms with Crippen molar-refractivity contribution in [3.63, 3.8) is 0 Å². The highest BCUT2D eigenvalue weighted by Crippen LogP contribution is 2.50. The molecule has 2 aliphatic rings. The van der Waals surface area contributed by atoms with E-state index in [-0.39, 0.29) is 10.8 Å². The zero-order chi connectivity index (χ0) is 47.0. The zero-order valence-corrected chi connectivity index (χ0v) is 39.8. The number of anilines is 2. The van der Waals surface area contributed by atoms with Crippen molar-refractivity contribution in [1.29, 1.82) is 0 Å². The van der Waals surface area contributed by atoms with E-state index in [0.717, 1.165) is 23.5 Å². The van der Waals surface area contributed by atoms with Gasteiger partial charge in [-0.15, -0.1) is 0 Å². The van der Waals surface area contributed by atoms with Gasteiger partial charge in [0.25, 0.3) is 0 Å². The molecule has 10 aromatic carbocycles. The van der Waals surface area contributed by atoms with Crippen molar-refractivity contribution in [3.05, 3.63) is 271 Å². The van der Waals surface area contributed by atoms with Gasteiger partial charge >= 0.3 is 0 Å². The molecule has 2 aliphatic carbocycles. The number of para-hydroxylation sites is 2. The van der Waals surface area contributed by atoms with Crippen molar-refractivity contribution in [3.8, 4) is 50.2 Å². The van der Waals surface area contributed by atoms with Crippen molar-refractivity contribution in [2.75, 3.05) is 4.90 Å². The van der Waals surface area contributed by atoms with Crippen LogP contribution in [0.2, 0.25) is 0 Å². The van der Waals surface area contributed by atoms with Gasteiger partial charge in [0.15, 0.2) is 0 Å². The van der Waals surface area contributed by atoms with E-state index in [1.54, 1.807) is 0 Å². The van der Waals surface area contributed by atoms with Crippen LogP contribution in [0.4, 0.5) is 11.4 Å². The molecule has 1 unspecified atom stereocenters. The first-order valence-corrected chi connectivity index (χ1v) is 24.6. The van der Waals surface area contributed by atoms with Crippen molar-refractivity contribution in [1.82, 2.24) is 4.57 Å². The summed E-state index contributed by atoms with van der Waals surface area (Å²) in [6.45, 7) is 7.08. The van der Waals surface area contributed by atoms with Gasteiger partial charge < -0.3 is 9.47 Å². The second-order valence-electron chi connectivity index (χ2n) is 20.0. The third-order valence-corrected chi connectivity index (χ3v) is 15.4. The topological polar surface area (TPSA) is 8.17 Å². The van der Waals surface area contributed by atoms with Gasteiger partial charge in [-0.1, -0.05) is 197 Å². The van der Waals surface area contributed by atoms with E-state index in [1.807, 2.05) is 0 Å². The summed E-state index contributed by atoms with van der Waals surface area (Å²) < 4.78 is 2.38. The number of hydrogen-bond donors (Lipinski definition) is 0. The summed E-state index contributed by atoms with van der Waals surface area (Å²) >= 11 is 0. The fourth-order valence-electron chi connectivity index (χ4n) is 11.5. The van der Waals surface area contributed by atoms with Crippen LogP contribution < -0.4 is 4.90 Å². The molecular formula is C68H52N2. The predicted molar refractivity (Wildman–Crippen MR) is 296 cm³/mol. The molecule has 0 fully saturated rings. The van der Waals surface area contributed by atoms with Crippen LogP contribution in [-0.2, 0) is 10.8 Å². The summed E-state index contributed by atoms with van der Waals surface area (Å²) in [5.74, 6) is 0. The maximum absolute atomic E-state index is 2.43. The van der Waals surface area contributed by atoms with E-state index >= 15 is 0 Å². The Morgan fingerprint density at radius 3 is 1.79 bits per heavy atom. The van der Waals surface area contributed by atoms with Crippen molar-refractivity contribution in [2.45, 2.75) is 38.0 Å². The molecule has 0 saturated heterocycles. The molecule has 70 heavy (non-hydrogen) atoms. The highest BCUT2D eigenvalue weighted by atomic mass is 15.1. The molecule has 0 spiro atoms. The molecule has 0 N–H and O–H groups in total. The SMILES string of the molecule is CC1(c2cccc(-c3ccc4ccccc4c3)c2)C=CC(N(c2ccc(-c3ccc4c(c3)C(C)(C)c3ccccc3-4)cc2)c2ccc(-c3ccc4c(c3)c3ccccc3n4-c3ccccc3)cc2)=CC1. The third-order valence-electron chi connectivity index (χ3n) is 15.4. The van der Waals surface area contributed by atoms with Gasteiger partial charge in [0.2, 0.25) is 0 Å². The molecule has 0 aliphatic heterocycles. The molecule has 0 amide bonds. The lowest BCUT2D eigenvalue weighted by Gasteiger charge is -2.33. The minimum atomic E-state index is -0.168. The summed E-state index contributed by atoms with van der Waals surface area (Å²) in [7, 11) is 0. The second kappa shape index (κ2) is 16.4. The number of rotatable bonds is 8. The predicted octanol–water partition coefficient (Wildman–Crippen LogP) is 18.2. The first-order chi connectivity index (χ1) is 34.3. The monoisotopic (exact) mass is 896 g/mol. The maximum atomic E-state index is 2.43. The zero-order valence-electron chi connectivity index (χ0n) is 39.8. The number of allylic oxidation sites excluding steroid dienone is 3. The average Bonchev–Trinajstić information content (AvgIpc) is 3.87. The Morgan fingerprint density at radius 1 is 0.414 bits per heavy atom. The van der Waals surface area contributed by atoms with Gasteiger partial charge in [-0.3, -0.25) is 0 Å². The number of aromatic nitrogens is 1. The Hall–Kier alpha value is -8.46. The minimum absolute atomic E-state index is 0.0519.